The Morgan fingerprint density at radius 2 is 1.61 bits per heavy atom. The van der Waals surface area contributed by atoms with Crippen LogP contribution in [0.3, 0.4) is 0 Å². The van der Waals surface area contributed by atoms with Gasteiger partial charge in [0.15, 0.2) is 8.32 Å². The fourth-order valence-electron chi connectivity index (χ4n) is 2.80. The quantitative estimate of drug-likeness (QED) is 0.351. The van der Waals surface area contributed by atoms with Gasteiger partial charge in [-0.25, -0.2) is 8.42 Å². The summed E-state index contributed by atoms with van der Waals surface area (Å²) in [6.07, 6.45) is 1.65. The number of methoxy groups -OCH3 is 1. The van der Waals surface area contributed by atoms with Gasteiger partial charge in [-0.3, -0.25) is 4.31 Å². The van der Waals surface area contributed by atoms with E-state index in [4.69, 9.17) is 9.16 Å². The van der Waals surface area contributed by atoms with Gasteiger partial charge in [-0.2, -0.15) is 0 Å². The summed E-state index contributed by atoms with van der Waals surface area (Å²) in [7, 11) is -4.39. The van der Waals surface area contributed by atoms with Crippen molar-refractivity contribution in [2.24, 2.45) is 0 Å². The van der Waals surface area contributed by atoms with E-state index in [9.17, 15) is 8.42 Å². The molecule has 1 unspecified atom stereocenters. The Balaban J connectivity index is 2.50. The van der Waals surface area contributed by atoms with Crippen molar-refractivity contribution in [1.29, 1.82) is 0 Å². The van der Waals surface area contributed by atoms with Crippen molar-refractivity contribution < 1.29 is 17.6 Å². The molecule has 0 heterocycles. The molecule has 0 amide bonds. The van der Waals surface area contributed by atoms with Gasteiger partial charge < -0.3 is 9.16 Å². The Hall–Kier alpha value is -2.09. The maximum atomic E-state index is 13.7. The summed E-state index contributed by atoms with van der Waals surface area (Å²) >= 11 is 0. The molecule has 0 saturated heterocycles. The third-order valence-corrected chi connectivity index (χ3v) is 12.3. The second kappa shape index (κ2) is 9.59. The van der Waals surface area contributed by atoms with Gasteiger partial charge in [0.1, 0.15) is 5.75 Å². The lowest BCUT2D eigenvalue weighted by molar-refractivity contribution is 0.279. The highest BCUT2D eigenvalue weighted by molar-refractivity contribution is 7.92. The average Bonchev–Trinajstić information content (AvgIpc) is 2.71. The van der Waals surface area contributed by atoms with Gasteiger partial charge in [0.25, 0.3) is 10.0 Å². The largest absolute Gasteiger partial charge is 0.497 e. The monoisotopic (exact) mass is 461 g/mol. The van der Waals surface area contributed by atoms with Crippen LogP contribution in [0.4, 0.5) is 5.69 Å². The third-order valence-electron chi connectivity index (χ3n) is 5.90. The van der Waals surface area contributed by atoms with Crippen molar-refractivity contribution in [2.45, 2.75) is 56.8 Å². The lowest BCUT2D eigenvalue weighted by Crippen LogP contribution is -2.47. The number of ether oxygens (including phenoxy) is 1. The highest BCUT2D eigenvalue weighted by Crippen LogP contribution is 2.37. The predicted octanol–water partition coefficient (Wildman–Crippen LogP) is 5.78. The van der Waals surface area contributed by atoms with Gasteiger partial charge in [-0.05, 0) is 61.5 Å². The van der Waals surface area contributed by atoms with Crippen LogP contribution in [0.1, 0.15) is 26.3 Å². The summed E-state index contributed by atoms with van der Waals surface area (Å²) in [5.74, 6) is 0.599. The lowest BCUT2D eigenvalue weighted by atomic mass is 10.2. The first kappa shape index (κ1) is 25.2. The van der Waals surface area contributed by atoms with E-state index < -0.39 is 24.4 Å². The number of benzene rings is 2. The van der Waals surface area contributed by atoms with Gasteiger partial charge in [0, 0.05) is 0 Å². The zero-order valence-electron chi connectivity index (χ0n) is 19.7. The SMILES string of the molecule is C=CC(CO[Si](C)(C)C(C)(C)C)N(c1ccc(C)cc1)S(=O)(=O)c1ccc(OC)cc1. The van der Waals surface area contributed by atoms with Crippen LogP contribution in [0.5, 0.6) is 5.75 Å². The smallest absolute Gasteiger partial charge is 0.264 e. The first-order valence-corrected chi connectivity index (χ1v) is 14.7. The Morgan fingerprint density at radius 1 is 1.06 bits per heavy atom. The number of nitrogens with zero attached hydrogens (tertiary/aromatic N) is 1. The average molecular weight is 462 g/mol. The zero-order valence-corrected chi connectivity index (χ0v) is 21.5. The van der Waals surface area contributed by atoms with Crippen LogP contribution in [0.25, 0.3) is 0 Å². The maximum absolute atomic E-state index is 13.7. The van der Waals surface area contributed by atoms with E-state index in [1.807, 2.05) is 31.2 Å². The van der Waals surface area contributed by atoms with Crippen molar-refractivity contribution in [3.63, 3.8) is 0 Å². The van der Waals surface area contributed by atoms with Gasteiger partial charge in [0.2, 0.25) is 0 Å². The standard InChI is InChI=1S/C24H35NO4SSi/c1-9-20(18-29-31(7,8)24(3,4)5)25(21-12-10-19(2)11-13-21)30(26,27)23-16-14-22(28-6)15-17-23/h9-17,20H,1,18H2,2-8H3. The van der Waals surface area contributed by atoms with Crippen LogP contribution in [0.15, 0.2) is 66.1 Å². The molecule has 2 aromatic rings. The van der Waals surface area contributed by atoms with Crippen molar-refractivity contribution in [2.75, 3.05) is 18.0 Å². The highest BCUT2D eigenvalue weighted by Gasteiger charge is 2.39. The Kier molecular flexibility index (Phi) is 7.78. The molecule has 7 heteroatoms. The second-order valence-corrected chi connectivity index (χ2v) is 15.8. The summed E-state index contributed by atoms with van der Waals surface area (Å²) in [5.41, 5.74) is 1.63. The highest BCUT2D eigenvalue weighted by atomic mass is 32.2. The minimum Gasteiger partial charge on any atom is -0.497 e. The van der Waals surface area contributed by atoms with E-state index in [-0.39, 0.29) is 16.5 Å². The normalized spacial score (nSPS) is 13.5. The van der Waals surface area contributed by atoms with Crippen molar-refractivity contribution in [3.05, 3.63) is 66.7 Å². The molecular formula is C24H35NO4SSi. The van der Waals surface area contributed by atoms with Crippen molar-refractivity contribution >= 4 is 24.0 Å². The molecule has 0 aliphatic carbocycles. The predicted molar refractivity (Wildman–Crippen MR) is 131 cm³/mol. The van der Waals surface area contributed by atoms with Crippen molar-refractivity contribution in [3.8, 4) is 5.75 Å². The van der Waals surface area contributed by atoms with E-state index in [0.717, 1.165) is 5.56 Å². The number of hydrogen-bond acceptors (Lipinski definition) is 4. The molecule has 0 saturated carbocycles. The van der Waals surface area contributed by atoms with Crippen molar-refractivity contribution in [1.82, 2.24) is 0 Å². The first-order valence-electron chi connectivity index (χ1n) is 10.3. The summed E-state index contributed by atoms with van der Waals surface area (Å²) < 4.78 is 40.4. The van der Waals surface area contributed by atoms with Gasteiger partial charge >= 0.3 is 0 Å². The fraction of sp³-hybridized carbons (Fsp3) is 0.417. The topological polar surface area (TPSA) is 55.8 Å². The van der Waals surface area contributed by atoms with Gasteiger partial charge in [0.05, 0.1) is 30.3 Å². The molecule has 0 radical (unpaired) electrons. The fourth-order valence-corrected chi connectivity index (χ4v) is 5.43. The first-order chi connectivity index (χ1) is 14.3. The molecule has 2 rings (SSSR count). The molecule has 5 nitrogen and oxygen atoms in total. The zero-order chi connectivity index (χ0) is 23.4. The lowest BCUT2D eigenvalue weighted by Gasteiger charge is -2.39. The molecule has 0 fully saturated rings. The molecule has 0 N–H and O–H groups in total. The summed E-state index contributed by atoms with van der Waals surface area (Å²) in [6.45, 7) is 16.9. The van der Waals surface area contributed by atoms with E-state index in [0.29, 0.717) is 11.4 Å². The molecular weight excluding hydrogens is 426 g/mol. The number of sulfonamides is 1. The number of anilines is 1. The molecule has 0 bridgehead atoms. The van der Waals surface area contributed by atoms with Crippen LogP contribution in [-0.4, -0.2) is 36.5 Å². The molecule has 31 heavy (non-hydrogen) atoms. The third kappa shape index (κ3) is 5.78. The molecule has 0 aliphatic rings. The van der Waals surface area contributed by atoms with Crippen LogP contribution in [-0.2, 0) is 14.4 Å². The number of hydrogen-bond donors (Lipinski definition) is 0. The van der Waals surface area contributed by atoms with Gasteiger partial charge in [-0.15, -0.1) is 6.58 Å². The van der Waals surface area contributed by atoms with E-state index in [1.165, 1.54) is 4.31 Å². The second-order valence-electron chi connectivity index (χ2n) is 9.19. The van der Waals surface area contributed by atoms with Gasteiger partial charge in [-0.1, -0.05) is 44.5 Å². The molecule has 1 atom stereocenters. The van der Waals surface area contributed by atoms with E-state index >= 15 is 0 Å². The summed E-state index contributed by atoms with van der Waals surface area (Å²) in [5, 5.41) is 0.0161. The molecule has 0 aromatic heterocycles. The minimum absolute atomic E-state index is 0.0161. The molecule has 170 valence electrons. The number of rotatable bonds is 9. The summed E-state index contributed by atoms with van der Waals surface area (Å²) in [6, 6.07) is 13.3. The Bertz CT molecular complexity index is 978. The molecule has 2 aromatic carbocycles. The van der Waals surface area contributed by atoms with Crippen LogP contribution < -0.4 is 9.04 Å². The van der Waals surface area contributed by atoms with Crippen LogP contribution in [0.2, 0.25) is 18.1 Å². The molecule has 0 aliphatic heterocycles. The van der Waals surface area contributed by atoms with Crippen LogP contribution >= 0.6 is 0 Å². The molecule has 0 spiro atoms. The number of aryl methyl sites for hydroxylation is 1. The maximum Gasteiger partial charge on any atom is 0.264 e. The minimum atomic E-state index is -3.86. The van der Waals surface area contributed by atoms with E-state index in [1.54, 1.807) is 37.5 Å². The Morgan fingerprint density at radius 3 is 2.06 bits per heavy atom. The summed E-state index contributed by atoms with van der Waals surface area (Å²) in [4.78, 5) is 0.188. The Labute approximate surface area is 188 Å². The van der Waals surface area contributed by atoms with Crippen LogP contribution in [0, 0.1) is 6.92 Å². The van der Waals surface area contributed by atoms with E-state index in [2.05, 4.69) is 40.4 Å².